The zero-order valence-electron chi connectivity index (χ0n) is 20.0. The smallest absolute Gasteiger partial charge is 0.227 e. The molecule has 180 valence electrons. The Hall–Kier alpha value is -3.26. The molecule has 4 rings (SSSR count). The number of allylic oxidation sites excluding steroid dienone is 1. The number of aliphatic imine (C=N–C) groups is 1. The normalized spacial score (nSPS) is 23.1. The molecule has 1 aromatic carbocycles. The Kier molecular flexibility index (Phi) is 6.45. The fourth-order valence-corrected chi connectivity index (χ4v) is 4.65. The molecule has 7 nitrogen and oxygen atoms in total. The molecule has 0 aliphatic carbocycles. The van der Waals surface area contributed by atoms with Crippen LogP contribution < -0.4 is 0 Å². The van der Waals surface area contributed by atoms with Gasteiger partial charge in [-0.3, -0.25) is 9.48 Å². The van der Waals surface area contributed by atoms with E-state index in [2.05, 4.69) is 16.7 Å². The number of carbonyl (C=O) groups excluding carboxylic acids is 1. The molecule has 1 amide bonds. The Balaban J connectivity index is 1.41. The number of aliphatic hydroxyl groups is 1. The summed E-state index contributed by atoms with van der Waals surface area (Å²) in [6, 6.07) is 8.32. The summed E-state index contributed by atoms with van der Waals surface area (Å²) in [5.41, 5.74) is -0.0841. The summed E-state index contributed by atoms with van der Waals surface area (Å²) in [5.74, 6) is -0.490. The van der Waals surface area contributed by atoms with E-state index in [1.54, 1.807) is 46.4 Å². The zero-order chi connectivity index (χ0) is 24.5. The second-order valence-corrected chi connectivity index (χ2v) is 9.93. The molecule has 2 aliphatic rings. The number of carbonyl (C=O) groups is 1. The highest BCUT2D eigenvalue weighted by Gasteiger charge is 2.49. The maximum atomic E-state index is 14.2. The van der Waals surface area contributed by atoms with E-state index in [-0.39, 0.29) is 24.2 Å². The number of aromatic nitrogens is 2. The zero-order valence-corrected chi connectivity index (χ0v) is 20.0. The maximum absolute atomic E-state index is 14.2. The number of benzene rings is 1. The lowest BCUT2D eigenvalue weighted by Crippen LogP contribution is -2.62. The number of halogens is 1. The number of likely N-dealkylation sites (tertiary alicyclic amines) is 1. The minimum absolute atomic E-state index is 0.0621. The Morgan fingerprint density at radius 1 is 1.29 bits per heavy atom. The molecular formula is C26H32FN5O2. The first-order chi connectivity index (χ1) is 16.1. The average Bonchev–Trinajstić information content (AvgIpc) is 3.30. The van der Waals surface area contributed by atoms with Gasteiger partial charge in [-0.05, 0) is 30.7 Å². The van der Waals surface area contributed by atoms with Crippen LogP contribution in [-0.2, 0) is 11.3 Å². The lowest BCUT2D eigenvalue weighted by atomic mass is 9.69. The van der Waals surface area contributed by atoms with Crippen LogP contribution in [0.2, 0.25) is 0 Å². The SMILES string of the molecule is C=C1C=C(c2ccccc2F)N=CN1CC1(O)CCN(C(=O)C(C)Cn2cccn2)CC1(C)C. The van der Waals surface area contributed by atoms with Crippen molar-refractivity contribution >= 4 is 17.9 Å². The van der Waals surface area contributed by atoms with Crippen molar-refractivity contribution in [1.82, 2.24) is 19.6 Å². The van der Waals surface area contributed by atoms with E-state index in [0.717, 1.165) is 0 Å². The summed E-state index contributed by atoms with van der Waals surface area (Å²) in [6.45, 7) is 11.7. The molecule has 2 aliphatic heterocycles. The van der Waals surface area contributed by atoms with Crippen molar-refractivity contribution in [2.45, 2.75) is 39.3 Å². The third kappa shape index (κ3) is 4.68. The van der Waals surface area contributed by atoms with Crippen molar-refractivity contribution in [2.75, 3.05) is 19.6 Å². The van der Waals surface area contributed by atoms with Crippen LogP contribution in [0.1, 0.15) is 32.8 Å². The highest BCUT2D eigenvalue weighted by atomic mass is 19.1. The topological polar surface area (TPSA) is 74.0 Å². The van der Waals surface area contributed by atoms with Crippen LogP contribution in [0.3, 0.4) is 0 Å². The number of rotatable bonds is 6. The summed E-state index contributed by atoms with van der Waals surface area (Å²) in [4.78, 5) is 21.1. The first kappa shape index (κ1) is 23.9. The summed E-state index contributed by atoms with van der Waals surface area (Å²) in [7, 11) is 0. The molecule has 1 N–H and O–H groups in total. The van der Waals surface area contributed by atoms with E-state index < -0.39 is 11.0 Å². The number of β-amino-alcohol motifs (C(OH)–C–C–N with tert-alkyl or cyclic N) is 1. The Morgan fingerprint density at radius 3 is 2.71 bits per heavy atom. The molecule has 34 heavy (non-hydrogen) atoms. The highest BCUT2D eigenvalue weighted by Crippen LogP contribution is 2.40. The van der Waals surface area contributed by atoms with Crippen LogP contribution in [0, 0.1) is 17.2 Å². The maximum Gasteiger partial charge on any atom is 0.227 e. The summed E-state index contributed by atoms with van der Waals surface area (Å²) < 4.78 is 15.9. The van der Waals surface area contributed by atoms with Crippen molar-refractivity contribution in [2.24, 2.45) is 16.3 Å². The van der Waals surface area contributed by atoms with E-state index in [0.29, 0.717) is 43.0 Å². The first-order valence-electron chi connectivity index (χ1n) is 11.5. The molecule has 2 aromatic rings. The van der Waals surface area contributed by atoms with Crippen LogP contribution >= 0.6 is 0 Å². The molecule has 0 saturated carbocycles. The fourth-order valence-electron chi connectivity index (χ4n) is 4.65. The van der Waals surface area contributed by atoms with Gasteiger partial charge < -0.3 is 14.9 Å². The molecule has 2 unspecified atom stereocenters. The molecule has 1 aromatic heterocycles. The molecule has 0 radical (unpaired) electrons. The van der Waals surface area contributed by atoms with Gasteiger partial charge in [0.25, 0.3) is 0 Å². The van der Waals surface area contributed by atoms with E-state index in [9.17, 15) is 14.3 Å². The van der Waals surface area contributed by atoms with Crippen molar-refractivity contribution in [3.05, 3.63) is 72.5 Å². The lowest BCUT2D eigenvalue weighted by Gasteiger charge is -2.52. The Bertz CT molecular complexity index is 1120. The largest absolute Gasteiger partial charge is 0.387 e. The molecule has 1 fully saturated rings. The van der Waals surface area contributed by atoms with E-state index in [4.69, 9.17) is 0 Å². The van der Waals surface area contributed by atoms with Gasteiger partial charge in [-0.2, -0.15) is 5.10 Å². The third-order valence-electron chi connectivity index (χ3n) is 6.98. The molecule has 0 bridgehead atoms. The van der Waals surface area contributed by atoms with E-state index in [1.165, 1.54) is 6.07 Å². The van der Waals surface area contributed by atoms with Crippen molar-refractivity contribution < 1.29 is 14.3 Å². The quantitative estimate of drug-likeness (QED) is 0.708. The van der Waals surface area contributed by atoms with E-state index >= 15 is 0 Å². The van der Waals surface area contributed by atoms with Gasteiger partial charge in [0, 0.05) is 42.2 Å². The van der Waals surface area contributed by atoms with Crippen LogP contribution in [-0.4, -0.2) is 62.2 Å². The molecule has 2 atom stereocenters. The summed E-state index contributed by atoms with van der Waals surface area (Å²) >= 11 is 0. The van der Waals surface area contributed by atoms with E-state index in [1.807, 2.05) is 37.9 Å². The van der Waals surface area contributed by atoms with Gasteiger partial charge in [0.15, 0.2) is 0 Å². The third-order valence-corrected chi connectivity index (χ3v) is 6.98. The van der Waals surface area contributed by atoms with Gasteiger partial charge >= 0.3 is 0 Å². The second-order valence-electron chi connectivity index (χ2n) is 9.93. The monoisotopic (exact) mass is 465 g/mol. The standard InChI is InChI=1S/C26H32FN5O2/c1-19(15-32-12-7-11-29-32)24(33)30-13-10-26(34,25(3,4)16-30)17-31-18-28-23(14-20(31)2)21-8-5-6-9-22(21)27/h5-9,11-12,14,18-19,34H,2,10,13,15-17H2,1,3-4H3. The second kappa shape index (κ2) is 9.18. The minimum Gasteiger partial charge on any atom is -0.387 e. The van der Waals surface area contributed by atoms with Crippen LogP contribution in [0.25, 0.3) is 5.70 Å². The van der Waals surface area contributed by atoms with Crippen LogP contribution in [0.15, 0.2) is 66.1 Å². The molecule has 1 saturated heterocycles. The van der Waals surface area contributed by atoms with Gasteiger partial charge in [0.2, 0.25) is 5.91 Å². The Labute approximate surface area is 199 Å². The van der Waals surface area contributed by atoms with Gasteiger partial charge in [-0.25, -0.2) is 9.38 Å². The minimum atomic E-state index is -1.06. The number of hydrogen-bond acceptors (Lipinski definition) is 5. The van der Waals surface area contributed by atoms with Crippen LogP contribution in [0.4, 0.5) is 4.39 Å². The average molecular weight is 466 g/mol. The van der Waals surface area contributed by atoms with Gasteiger partial charge in [-0.15, -0.1) is 0 Å². The summed E-state index contributed by atoms with van der Waals surface area (Å²) in [6.07, 6.45) is 7.31. The molecule has 0 spiro atoms. The number of piperidine rings is 1. The first-order valence-corrected chi connectivity index (χ1v) is 11.5. The van der Waals surface area contributed by atoms with Crippen molar-refractivity contribution in [1.29, 1.82) is 0 Å². The van der Waals surface area contributed by atoms with Crippen molar-refractivity contribution in [3.63, 3.8) is 0 Å². The number of nitrogens with zero attached hydrogens (tertiary/aromatic N) is 5. The van der Waals surface area contributed by atoms with Crippen LogP contribution in [0.5, 0.6) is 0 Å². The number of hydrogen-bond donors (Lipinski definition) is 1. The molecular weight excluding hydrogens is 433 g/mol. The summed E-state index contributed by atoms with van der Waals surface area (Å²) in [5, 5.41) is 15.9. The Morgan fingerprint density at radius 2 is 2.06 bits per heavy atom. The van der Waals surface area contributed by atoms with Gasteiger partial charge in [0.1, 0.15) is 5.82 Å². The molecule has 8 heteroatoms. The predicted octanol–water partition coefficient (Wildman–Crippen LogP) is 3.55. The fraction of sp³-hybridized carbons (Fsp3) is 0.423. The number of amides is 1. The van der Waals surface area contributed by atoms with Gasteiger partial charge in [-0.1, -0.05) is 39.5 Å². The lowest BCUT2D eigenvalue weighted by molar-refractivity contribution is -0.155. The predicted molar refractivity (Wildman–Crippen MR) is 130 cm³/mol. The van der Waals surface area contributed by atoms with Gasteiger partial charge in [0.05, 0.1) is 36.6 Å². The highest BCUT2D eigenvalue weighted by molar-refractivity contribution is 5.80. The van der Waals surface area contributed by atoms with Crippen molar-refractivity contribution in [3.8, 4) is 0 Å². The molecule has 3 heterocycles.